The van der Waals surface area contributed by atoms with Gasteiger partial charge in [0.2, 0.25) is 5.91 Å². The molecule has 1 heterocycles. The lowest BCUT2D eigenvalue weighted by molar-refractivity contribution is -0.113. The van der Waals surface area contributed by atoms with Gasteiger partial charge in [-0.25, -0.2) is 0 Å². The van der Waals surface area contributed by atoms with Crippen LogP contribution in [0, 0.1) is 6.92 Å². The number of anilines is 1. The summed E-state index contributed by atoms with van der Waals surface area (Å²) in [5.74, 6) is 1.77. The molecule has 0 fully saturated rings. The smallest absolute Gasteiger partial charge is 0.251 e. The number of carbonyl (C=O) groups is 2. The summed E-state index contributed by atoms with van der Waals surface area (Å²) in [5.41, 5.74) is 2.82. The van der Waals surface area contributed by atoms with E-state index in [4.69, 9.17) is 14.2 Å². The van der Waals surface area contributed by atoms with Crippen LogP contribution in [0.2, 0.25) is 0 Å². The van der Waals surface area contributed by atoms with Crippen molar-refractivity contribution in [2.75, 3.05) is 32.4 Å². The number of benzene rings is 3. The van der Waals surface area contributed by atoms with Crippen LogP contribution in [-0.4, -0.2) is 53.7 Å². The molecule has 4 aromatic rings. The SMILES string of the molecule is COc1cccc(C(=O)NCc2nnc(SCC(=O)Nc3cccc(C)c3)n2-c2cc(OC)ccc2OC)c1. The third kappa shape index (κ3) is 6.88. The first-order valence-corrected chi connectivity index (χ1v) is 13.0. The van der Waals surface area contributed by atoms with Crippen molar-refractivity contribution in [1.29, 1.82) is 0 Å². The monoisotopic (exact) mass is 547 g/mol. The molecule has 0 atom stereocenters. The number of ether oxygens (including phenoxy) is 3. The van der Waals surface area contributed by atoms with E-state index in [1.165, 1.54) is 11.8 Å². The maximum absolute atomic E-state index is 12.8. The number of hydrogen-bond acceptors (Lipinski definition) is 8. The van der Waals surface area contributed by atoms with Gasteiger partial charge in [0.05, 0.1) is 39.3 Å². The van der Waals surface area contributed by atoms with Crippen molar-refractivity contribution in [3.05, 3.63) is 83.7 Å². The molecule has 0 saturated heterocycles. The molecular formula is C28H29N5O5S. The Balaban J connectivity index is 1.59. The molecule has 4 rings (SSSR count). The molecule has 2 N–H and O–H groups in total. The molecule has 3 aromatic carbocycles. The molecule has 2 amide bonds. The van der Waals surface area contributed by atoms with E-state index in [1.54, 1.807) is 68.4 Å². The van der Waals surface area contributed by atoms with Crippen LogP contribution in [0.4, 0.5) is 5.69 Å². The van der Waals surface area contributed by atoms with E-state index in [2.05, 4.69) is 20.8 Å². The number of carbonyl (C=O) groups excluding carboxylic acids is 2. The second-order valence-electron chi connectivity index (χ2n) is 8.39. The van der Waals surface area contributed by atoms with Crippen molar-refractivity contribution in [3.8, 4) is 22.9 Å². The van der Waals surface area contributed by atoms with E-state index in [0.717, 1.165) is 11.3 Å². The summed E-state index contributed by atoms with van der Waals surface area (Å²) >= 11 is 1.21. The van der Waals surface area contributed by atoms with Crippen LogP contribution in [0.15, 0.2) is 71.9 Å². The number of nitrogens with zero attached hydrogens (tertiary/aromatic N) is 3. The Bertz CT molecular complexity index is 1470. The molecule has 10 nitrogen and oxygen atoms in total. The first kappa shape index (κ1) is 27.5. The lowest BCUT2D eigenvalue weighted by atomic mass is 10.2. The zero-order valence-electron chi connectivity index (χ0n) is 22.1. The van der Waals surface area contributed by atoms with Crippen LogP contribution < -0.4 is 24.8 Å². The van der Waals surface area contributed by atoms with E-state index in [1.807, 2.05) is 31.2 Å². The number of nitrogens with one attached hydrogen (secondary N) is 2. The molecule has 0 radical (unpaired) electrons. The third-order valence-electron chi connectivity index (χ3n) is 5.70. The van der Waals surface area contributed by atoms with Crippen molar-refractivity contribution < 1.29 is 23.8 Å². The topological polar surface area (TPSA) is 117 Å². The Kier molecular flexibility index (Phi) is 9.06. The van der Waals surface area contributed by atoms with Crippen LogP contribution in [0.1, 0.15) is 21.7 Å². The zero-order valence-corrected chi connectivity index (χ0v) is 22.9. The molecular weight excluding hydrogens is 518 g/mol. The molecule has 0 saturated carbocycles. The summed E-state index contributed by atoms with van der Waals surface area (Å²) in [5, 5.41) is 14.9. The van der Waals surface area contributed by atoms with Crippen LogP contribution in [0.25, 0.3) is 5.69 Å². The van der Waals surface area contributed by atoms with Crippen molar-refractivity contribution >= 4 is 29.3 Å². The number of hydrogen-bond donors (Lipinski definition) is 2. The minimum atomic E-state index is -0.298. The van der Waals surface area contributed by atoms with Gasteiger partial charge in [-0.2, -0.15) is 0 Å². The quantitative estimate of drug-likeness (QED) is 0.268. The number of rotatable bonds is 11. The van der Waals surface area contributed by atoms with Gasteiger partial charge in [0.1, 0.15) is 17.2 Å². The van der Waals surface area contributed by atoms with Crippen LogP contribution >= 0.6 is 11.8 Å². The Morgan fingerprint density at radius 3 is 2.41 bits per heavy atom. The molecule has 0 bridgehead atoms. The van der Waals surface area contributed by atoms with Gasteiger partial charge in [-0.3, -0.25) is 14.2 Å². The highest BCUT2D eigenvalue weighted by molar-refractivity contribution is 7.99. The van der Waals surface area contributed by atoms with E-state index in [0.29, 0.717) is 39.5 Å². The average molecular weight is 548 g/mol. The highest BCUT2D eigenvalue weighted by Crippen LogP contribution is 2.32. The minimum Gasteiger partial charge on any atom is -0.497 e. The first-order valence-electron chi connectivity index (χ1n) is 12.0. The lowest BCUT2D eigenvalue weighted by Gasteiger charge is -2.15. The summed E-state index contributed by atoms with van der Waals surface area (Å²) < 4.78 is 18.0. The average Bonchev–Trinajstić information content (AvgIpc) is 3.36. The number of amides is 2. The number of aromatic nitrogens is 3. The van der Waals surface area contributed by atoms with Gasteiger partial charge in [0, 0.05) is 17.3 Å². The maximum Gasteiger partial charge on any atom is 0.251 e. The minimum absolute atomic E-state index is 0.0689. The third-order valence-corrected chi connectivity index (χ3v) is 6.63. The molecule has 0 aliphatic heterocycles. The van der Waals surface area contributed by atoms with E-state index >= 15 is 0 Å². The Morgan fingerprint density at radius 1 is 0.897 bits per heavy atom. The highest BCUT2D eigenvalue weighted by atomic mass is 32.2. The van der Waals surface area contributed by atoms with Gasteiger partial charge in [-0.1, -0.05) is 30.0 Å². The first-order chi connectivity index (χ1) is 18.9. The van der Waals surface area contributed by atoms with E-state index in [-0.39, 0.29) is 24.1 Å². The fourth-order valence-corrected chi connectivity index (χ4v) is 4.56. The molecule has 0 unspecified atom stereocenters. The summed E-state index contributed by atoms with van der Waals surface area (Å²) in [6.07, 6.45) is 0. The summed E-state index contributed by atoms with van der Waals surface area (Å²) in [4.78, 5) is 25.5. The van der Waals surface area contributed by atoms with Gasteiger partial charge in [-0.15, -0.1) is 10.2 Å². The largest absolute Gasteiger partial charge is 0.497 e. The highest BCUT2D eigenvalue weighted by Gasteiger charge is 2.20. The van der Waals surface area contributed by atoms with Crippen molar-refractivity contribution in [1.82, 2.24) is 20.1 Å². The fraction of sp³-hybridized carbons (Fsp3) is 0.214. The Hall–Kier alpha value is -4.51. The summed E-state index contributed by atoms with van der Waals surface area (Å²) in [6, 6.07) is 19.8. The second kappa shape index (κ2) is 12.8. The van der Waals surface area contributed by atoms with Crippen LogP contribution in [0.5, 0.6) is 17.2 Å². The number of aryl methyl sites for hydroxylation is 1. The Morgan fingerprint density at radius 2 is 1.67 bits per heavy atom. The lowest BCUT2D eigenvalue weighted by Crippen LogP contribution is -2.24. The van der Waals surface area contributed by atoms with Gasteiger partial charge in [-0.05, 0) is 55.0 Å². The predicted octanol–water partition coefficient (Wildman–Crippen LogP) is 4.26. The van der Waals surface area contributed by atoms with E-state index < -0.39 is 0 Å². The molecule has 1 aromatic heterocycles. The Labute approximate surface area is 230 Å². The maximum atomic E-state index is 12.8. The molecule has 0 aliphatic rings. The van der Waals surface area contributed by atoms with Gasteiger partial charge < -0.3 is 24.8 Å². The van der Waals surface area contributed by atoms with Gasteiger partial charge in [0.25, 0.3) is 5.91 Å². The molecule has 0 aliphatic carbocycles. The molecule has 0 spiro atoms. The van der Waals surface area contributed by atoms with Crippen LogP contribution in [0.3, 0.4) is 0 Å². The number of thioether (sulfide) groups is 1. The zero-order chi connectivity index (χ0) is 27.8. The van der Waals surface area contributed by atoms with Crippen molar-refractivity contribution in [2.24, 2.45) is 0 Å². The van der Waals surface area contributed by atoms with Gasteiger partial charge >= 0.3 is 0 Å². The summed E-state index contributed by atoms with van der Waals surface area (Å²) in [7, 11) is 4.67. The predicted molar refractivity (Wildman–Crippen MR) is 149 cm³/mol. The number of methoxy groups -OCH3 is 3. The second-order valence-corrected chi connectivity index (χ2v) is 9.34. The molecule has 39 heavy (non-hydrogen) atoms. The molecule has 202 valence electrons. The molecule has 11 heteroatoms. The summed E-state index contributed by atoms with van der Waals surface area (Å²) in [6.45, 7) is 2.03. The van der Waals surface area contributed by atoms with E-state index in [9.17, 15) is 9.59 Å². The van der Waals surface area contributed by atoms with Crippen LogP contribution in [-0.2, 0) is 11.3 Å². The van der Waals surface area contributed by atoms with Crippen molar-refractivity contribution in [2.45, 2.75) is 18.6 Å². The fourth-order valence-electron chi connectivity index (χ4n) is 3.80. The normalized spacial score (nSPS) is 10.6. The standard InChI is InChI=1S/C28H29N5O5S/c1-18-7-5-9-20(13-18)30-26(34)17-39-28-32-31-25(16-29-27(35)19-8-6-10-21(14-19)36-2)33(28)23-15-22(37-3)11-12-24(23)38-4/h5-15H,16-17H2,1-4H3,(H,29,35)(H,30,34). The van der Waals surface area contributed by atoms with Crippen molar-refractivity contribution in [3.63, 3.8) is 0 Å². The van der Waals surface area contributed by atoms with Gasteiger partial charge in [0.15, 0.2) is 11.0 Å².